The molecule has 5 nitrogen and oxygen atoms in total. The largest absolute Gasteiger partial charge is 0.369 e. The van der Waals surface area contributed by atoms with E-state index in [-0.39, 0.29) is 5.91 Å². The fraction of sp³-hybridized carbons (Fsp3) is 0.923. The maximum absolute atomic E-state index is 12.5. The molecular formula is C13H27N3O2. The highest BCUT2D eigenvalue weighted by molar-refractivity contribution is 5.84. The van der Waals surface area contributed by atoms with Crippen molar-refractivity contribution in [2.45, 2.75) is 32.3 Å². The lowest BCUT2D eigenvalue weighted by atomic mass is 10.0. The number of methoxy groups -OCH3 is 1. The Balaban J connectivity index is 2.59. The number of amides is 1. The molecule has 18 heavy (non-hydrogen) atoms. The first kappa shape index (κ1) is 15.4. The van der Waals surface area contributed by atoms with Crippen LogP contribution in [0, 0.1) is 0 Å². The number of hydrogen-bond acceptors (Lipinski definition) is 4. The van der Waals surface area contributed by atoms with Crippen LogP contribution in [0.15, 0.2) is 0 Å². The average molecular weight is 257 g/mol. The fourth-order valence-electron chi connectivity index (χ4n) is 2.30. The molecule has 0 aromatic carbocycles. The molecule has 0 aliphatic carbocycles. The summed E-state index contributed by atoms with van der Waals surface area (Å²) in [5, 5.41) is 0. The van der Waals surface area contributed by atoms with Gasteiger partial charge >= 0.3 is 0 Å². The minimum atomic E-state index is -0.678. The van der Waals surface area contributed by atoms with Crippen LogP contribution in [-0.4, -0.2) is 67.7 Å². The van der Waals surface area contributed by atoms with Gasteiger partial charge in [-0.15, -0.1) is 0 Å². The molecule has 0 bridgehead atoms. The molecule has 1 rings (SSSR count). The van der Waals surface area contributed by atoms with E-state index < -0.39 is 5.60 Å². The zero-order chi connectivity index (χ0) is 13.6. The van der Waals surface area contributed by atoms with Crippen LogP contribution < -0.4 is 5.73 Å². The molecule has 0 radical (unpaired) electrons. The van der Waals surface area contributed by atoms with E-state index in [1.165, 1.54) is 0 Å². The van der Waals surface area contributed by atoms with Gasteiger partial charge < -0.3 is 20.3 Å². The van der Waals surface area contributed by atoms with Crippen LogP contribution >= 0.6 is 0 Å². The van der Waals surface area contributed by atoms with Gasteiger partial charge in [0.15, 0.2) is 0 Å². The van der Waals surface area contributed by atoms with Crippen molar-refractivity contribution in [1.29, 1.82) is 0 Å². The first-order valence-electron chi connectivity index (χ1n) is 6.84. The average Bonchev–Trinajstić information content (AvgIpc) is 2.63. The van der Waals surface area contributed by atoms with Crippen LogP contribution in [0.2, 0.25) is 0 Å². The summed E-state index contributed by atoms with van der Waals surface area (Å²) in [5.41, 5.74) is 4.90. The fourth-order valence-corrected chi connectivity index (χ4v) is 2.30. The number of ether oxygens (including phenoxy) is 1. The highest BCUT2D eigenvalue weighted by Gasteiger charge is 2.35. The predicted molar refractivity (Wildman–Crippen MR) is 72.4 cm³/mol. The lowest BCUT2D eigenvalue weighted by Gasteiger charge is -2.32. The summed E-state index contributed by atoms with van der Waals surface area (Å²) in [4.78, 5) is 16.7. The summed E-state index contributed by atoms with van der Waals surface area (Å²) < 4.78 is 5.39. The molecule has 1 saturated heterocycles. The van der Waals surface area contributed by atoms with Crippen LogP contribution in [0.25, 0.3) is 0 Å². The van der Waals surface area contributed by atoms with Gasteiger partial charge in [-0.25, -0.2) is 0 Å². The third kappa shape index (κ3) is 3.67. The number of nitrogens with zero attached hydrogens (tertiary/aromatic N) is 2. The van der Waals surface area contributed by atoms with Gasteiger partial charge in [0.05, 0.1) is 0 Å². The molecule has 0 spiro atoms. The third-order valence-electron chi connectivity index (χ3n) is 3.90. The molecular weight excluding hydrogens is 230 g/mol. The molecule has 1 aliphatic rings. The summed E-state index contributed by atoms with van der Waals surface area (Å²) in [7, 11) is 1.61. The summed E-state index contributed by atoms with van der Waals surface area (Å²) >= 11 is 0. The van der Waals surface area contributed by atoms with E-state index in [2.05, 4.69) is 4.90 Å². The van der Waals surface area contributed by atoms with E-state index in [0.717, 1.165) is 39.1 Å². The van der Waals surface area contributed by atoms with Crippen LogP contribution in [-0.2, 0) is 9.53 Å². The summed E-state index contributed by atoms with van der Waals surface area (Å²) in [5.74, 6) is 0.113. The number of rotatable bonds is 5. The number of carbonyl (C=O) groups excluding carboxylic acids is 1. The molecule has 106 valence electrons. The number of carbonyl (C=O) groups is 1. The Kier molecular flexibility index (Phi) is 6.05. The van der Waals surface area contributed by atoms with Gasteiger partial charge in [0.25, 0.3) is 5.91 Å². The second-order valence-electron chi connectivity index (χ2n) is 5.06. The molecule has 1 fully saturated rings. The molecule has 1 amide bonds. The monoisotopic (exact) mass is 257 g/mol. The highest BCUT2D eigenvalue weighted by atomic mass is 16.5. The molecule has 1 atom stereocenters. The molecule has 5 heteroatoms. The minimum Gasteiger partial charge on any atom is -0.369 e. The van der Waals surface area contributed by atoms with Gasteiger partial charge in [-0.05, 0) is 26.3 Å². The third-order valence-corrected chi connectivity index (χ3v) is 3.90. The van der Waals surface area contributed by atoms with Crippen molar-refractivity contribution in [2.24, 2.45) is 5.73 Å². The maximum atomic E-state index is 12.5. The second-order valence-corrected chi connectivity index (χ2v) is 5.06. The topological polar surface area (TPSA) is 58.8 Å². The Morgan fingerprint density at radius 3 is 2.61 bits per heavy atom. The Morgan fingerprint density at radius 1 is 1.33 bits per heavy atom. The molecule has 2 N–H and O–H groups in total. The van der Waals surface area contributed by atoms with E-state index in [1.54, 1.807) is 7.11 Å². The normalized spacial score (nSPS) is 21.4. The molecule has 0 aromatic rings. The standard InChI is InChI=1S/C13H27N3O2/c1-4-13(2,18-3)12(17)16-8-5-7-15(9-6-14)10-11-16/h4-11,14H2,1-3H3. The lowest BCUT2D eigenvalue weighted by molar-refractivity contribution is -0.153. The Hall–Kier alpha value is -0.650. The van der Waals surface area contributed by atoms with Crippen LogP contribution in [0.3, 0.4) is 0 Å². The summed E-state index contributed by atoms with van der Waals surface area (Å²) in [6, 6.07) is 0. The van der Waals surface area contributed by atoms with E-state index >= 15 is 0 Å². The Morgan fingerprint density at radius 2 is 2.06 bits per heavy atom. The zero-order valence-corrected chi connectivity index (χ0v) is 11.9. The van der Waals surface area contributed by atoms with Crippen molar-refractivity contribution in [3.63, 3.8) is 0 Å². The maximum Gasteiger partial charge on any atom is 0.254 e. The van der Waals surface area contributed by atoms with Crippen molar-refractivity contribution in [3.8, 4) is 0 Å². The van der Waals surface area contributed by atoms with Crippen LogP contribution in [0.4, 0.5) is 0 Å². The molecule has 0 saturated carbocycles. The first-order valence-corrected chi connectivity index (χ1v) is 6.84. The zero-order valence-electron chi connectivity index (χ0n) is 11.9. The van der Waals surface area contributed by atoms with Gasteiger partial charge in [0.2, 0.25) is 0 Å². The number of nitrogens with two attached hydrogens (primary N) is 1. The SMILES string of the molecule is CCC(C)(OC)C(=O)N1CCCN(CCN)CC1. The predicted octanol–water partition coefficient (Wildman–Crippen LogP) is 0.295. The van der Waals surface area contributed by atoms with Gasteiger partial charge in [0.1, 0.15) is 5.60 Å². The minimum absolute atomic E-state index is 0.113. The van der Waals surface area contributed by atoms with Crippen LogP contribution in [0.5, 0.6) is 0 Å². The quantitative estimate of drug-likeness (QED) is 0.769. The smallest absolute Gasteiger partial charge is 0.254 e. The van der Waals surface area contributed by atoms with Crippen molar-refractivity contribution in [2.75, 3.05) is 46.4 Å². The summed E-state index contributed by atoms with van der Waals surface area (Å²) in [6.45, 7) is 8.98. The Labute approximate surface area is 110 Å². The molecule has 1 unspecified atom stereocenters. The van der Waals surface area contributed by atoms with E-state index in [1.807, 2.05) is 18.7 Å². The van der Waals surface area contributed by atoms with E-state index in [0.29, 0.717) is 13.0 Å². The van der Waals surface area contributed by atoms with Crippen molar-refractivity contribution >= 4 is 5.91 Å². The van der Waals surface area contributed by atoms with E-state index in [9.17, 15) is 4.79 Å². The van der Waals surface area contributed by atoms with Crippen molar-refractivity contribution < 1.29 is 9.53 Å². The molecule has 0 aromatic heterocycles. The Bertz CT molecular complexity index is 267. The molecule has 1 heterocycles. The van der Waals surface area contributed by atoms with Crippen molar-refractivity contribution in [3.05, 3.63) is 0 Å². The van der Waals surface area contributed by atoms with Gasteiger partial charge in [-0.2, -0.15) is 0 Å². The van der Waals surface area contributed by atoms with Crippen LogP contribution in [0.1, 0.15) is 26.7 Å². The molecule has 1 aliphatic heterocycles. The lowest BCUT2D eigenvalue weighted by Crippen LogP contribution is -2.49. The van der Waals surface area contributed by atoms with E-state index in [4.69, 9.17) is 10.5 Å². The van der Waals surface area contributed by atoms with Gasteiger partial charge in [-0.3, -0.25) is 4.79 Å². The van der Waals surface area contributed by atoms with Gasteiger partial charge in [-0.1, -0.05) is 6.92 Å². The number of hydrogen-bond donors (Lipinski definition) is 1. The second kappa shape index (κ2) is 7.07. The highest BCUT2D eigenvalue weighted by Crippen LogP contribution is 2.18. The van der Waals surface area contributed by atoms with Crippen molar-refractivity contribution in [1.82, 2.24) is 9.80 Å². The first-order chi connectivity index (χ1) is 8.57. The summed E-state index contributed by atoms with van der Waals surface area (Å²) in [6.07, 6.45) is 1.71. The van der Waals surface area contributed by atoms with Gasteiger partial charge in [0, 0.05) is 39.8 Å².